The molecule has 0 aliphatic carbocycles. The highest BCUT2D eigenvalue weighted by Gasteiger charge is 2.34. The number of carbonyl (C=O) groups excluding carboxylic acids is 1. The van der Waals surface area contributed by atoms with Crippen molar-refractivity contribution in [2.75, 3.05) is 11.9 Å². The minimum atomic E-state index is -4.81. The fraction of sp³-hybridized carbons (Fsp3) is 0.188. The lowest BCUT2D eigenvalue weighted by molar-refractivity contribution is -0.139. The van der Waals surface area contributed by atoms with Gasteiger partial charge in [0, 0.05) is 12.2 Å². The zero-order valence-corrected chi connectivity index (χ0v) is 12.0. The molecule has 0 unspecified atom stereocenters. The molecule has 2 amide bonds. The standard InChI is InChI=1S/C16H14F4N2O/c17-14-7-6-12(10-13(14)16(18,19)20)22-15(23)21-9-8-11-4-2-1-3-5-11/h1-7,10H,8-9H2,(H2,21,22,23). The molecule has 2 N–H and O–H groups in total. The quantitative estimate of drug-likeness (QED) is 0.812. The van der Waals surface area contributed by atoms with Crippen LogP contribution in [0.5, 0.6) is 0 Å². The molecule has 3 nitrogen and oxygen atoms in total. The Hall–Kier alpha value is -2.57. The van der Waals surface area contributed by atoms with Gasteiger partial charge in [-0.3, -0.25) is 0 Å². The summed E-state index contributed by atoms with van der Waals surface area (Å²) in [6.45, 7) is 0.323. The van der Waals surface area contributed by atoms with Gasteiger partial charge in [0.05, 0.1) is 5.56 Å². The van der Waals surface area contributed by atoms with Crippen molar-refractivity contribution >= 4 is 11.7 Å². The summed E-state index contributed by atoms with van der Waals surface area (Å²) in [7, 11) is 0. The molecule has 7 heteroatoms. The van der Waals surface area contributed by atoms with E-state index in [-0.39, 0.29) is 5.69 Å². The fourth-order valence-electron chi connectivity index (χ4n) is 1.96. The molecule has 0 saturated carbocycles. The van der Waals surface area contributed by atoms with E-state index in [1.165, 1.54) is 0 Å². The molecule has 23 heavy (non-hydrogen) atoms. The molecule has 0 radical (unpaired) electrons. The van der Waals surface area contributed by atoms with Crippen molar-refractivity contribution < 1.29 is 22.4 Å². The maximum Gasteiger partial charge on any atom is 0.419 e. The normalized spacial score (nSPS) is 11.1. The van der Waals surface area contributed by atoms with E-state index in [1.807, 2.05) is 30.3 Å². The Kier molecular flexibility index (Phi) is 5.20. The Labute approximate surface area is 130 Å². The van der Waals surface area contributed by atoms with Gasteiger partial charge in [-0.1, -0.05) is 30.3 Å². The Morgan fingerprint density at radius 1 is 1.04 bits per heavy atom. The van der Waals surface area contributed by atoms with Crippen LogP contribution in [-0.4, -0.2) is 12.6 Å². The van der Waals surface area contributed by atoms with Crippen LogP contribution in [0.25, 0.3) is 0 Å². The second kappa shape index (κ2) is 7.13. The first-order valence-electron chi connectivity index (χ1n) is 6.82. The summed E-state index contributed by atoms with van der Waals surface area (Å²) in [5, 5.41) is 4.78. The van der Waals surface area contributed by atoms with Crippen LogP contribution < -0.4 is 10.6 Å². The lowest BCUT2D eigenvalue weighted by atomic mass is 10.1. The number of carbonyl (C=O) groups is 1. The highest BCUT2D eigenvalue weighted by Crippen LogP contribution is 2.32. The van der Waals surface area contributed by atoms with Crippen LogP contribution in [0.2, 0.25) is 0 Å². The molecule has 0 saturated heterocycles. The summed E-state index contributed by atoms with van der Waals surface area (Å²) in [6, 6.07) is 11.1. The molecule has 2 aromatic carbocycles. The van der Waals surface area contributed by atoms with Gasteiger partial charge in [-0.2, -0.15) is 13.2 Å². The van der Waals surface area contributed by atoms with E-state index >= 15 is 0 Å². The zero-order chi connectivity index (χ0) is 16.9. The summed E-state index contributed by atoms with van der Waals surface area (Å²) >= 11 is 0. The zero-order valence-electron chi connectivity index (χ0n) is 12.0. The van der Waals surface area contributed by atoms with Crippen LogP contribution in [0.15, 0.2) is 48.5 Å². The lowest BCUT2D eigenvalue weighted by Crippen LogP contribution is -2.30. The van der Waals surface area contributed by atoms with E-state index in [9.17, 15) is 22.4 Å². The highest BCUT2D eigenvalue weighted by atomic mass is 19.4. The molecule has 2 aromatic rings. The summed E-state index contributed by atoms with van der Waals surface area (Å²) in [5.41, 5.74) is -0.524. The van der Waals surface area contributed by atoms with E-state index in [4.69, 9.17) is 0 Å². The van der Waals surface area contributed by atoms with E-state index in [0.717, 1.165) is 11.6 Å². The number of benzene rings is 2. The van der Waals surface area contributed by atoms with Gasteiger partial charge in [-0.25, -0.2) is 9.18 Å². The van der Waals surface area contributed by atoms with Gasteiger partial charge >= 0.3 is 12.2 Å². The number of halogens is 4. The molecular weight excluding hydrogens is 312 g/mol. The number of alkyl halides is 3. The number of rotatable bonds is 4. The lowest BCUT2D eigenvalue weighted by Gasteiger charge is -2.11. The monoisotopic (exact) mass is 326 g/mol. The largest absolute Gasteiger partial charge is 0.419 e. The van der Waals surface area contributed by atoms with Crippen molar-refractivity contribution in [3.05, 3.63) is 65.5 Å². The molecule has 0 aromatic heterocycles. The van der Waals surface area contributed by atoms with Gasteiger partial charge in [0.25, 0.3) is 0 Å². The Bertz CT molecular complexity index is 672. The van der Waals surface area contributed by atoms with Gasteiger partial charge in [0.1, 0.15) is 5.82 Å². The maximum atomic E-state index is 13.1. The Balaban J connectivity index is 1.90. The maximum absolute atomic E-state index is 13.1. The van der Waals surface area contributed by atoms with Crippen LogP contribution in [-0.2, 0) is 12.6 Å². The second-order valence-corrected chi connectivity index (χ2v) is 4.81. The van der Waals surface area contributed by atoms with Crippen molar-refractivity contribution in [1.82, 2.24) is 5.32 Å². The van der Waals surface area contributed by atoms with Crippen LogP contribution in [0.4, 0.5) is 28.0 Å². The van der Waals surface area contributed by atoms with Gasteiger partial charge in [-0.05, 0) is 30.2 Å². The summed E-state index contributed by atoms with van der Waals surface area (Å²) < 4.78 is 50.9. The molecule has 2 rings (SSSR count). The molecule has 0 aliphatic rings. The Morgan fingerprint density at radius 3 is 2.39 bits per heavy atom. The van der Waals surface area contributed by atoms with Gasteiger partial charge in [0.15, 0.2) is 0 Å². The minimum Gasteiger partial charge on any atom is -0.338 e. The van der Waals surface area contributed by atoms with Crippen molar-refractivity contribution in [3.8, 4) is 0 Å². The molecule has 0 heterocycles. The minimum absolute atomic E-state index is 0.129. The second-order valence-electron chi connectivity index (χ2n) is 4.81. The third kappa shape index (κ3) is 4.98. The molecule has 122 valence electrons. The number of nitrogens with one attached hydrogen (secondary N) is 2. The number of anilines is 1. The van der Waals surface area contributed by atoms with Crippen molar-refractivity contribution in [1.29, 1.82) is 0 Å². The van der Waals surface area contributed by atoms with Crippen LogP contribution >= 0.6 is 0 Å². The average Bonchev–Trinajstić information content (AvgIpc) is 2.49. The van der Waals surface area contributed by atoms with E-state index in [1.54, 1.807) is 0 Å². The van der Waals surface area contributed by atoms with E-state index < -0.39 is 23.6 Å². The predicted molar refractivity (Wildman–Crippen MR) is 78.6 cm³/mol. The topological polar surface area (TPSA) is 41.1 Å². The van der Waals surface area contributed by atoms with E-state index in [2.05, 4.69) is 10.6 Å². The molecule has 0 bridgehead atoms. The fourth-order valence-corrected chi connectivity index (χ4v) is 1.96. The molecular formula is C16H14F4N2O. The van der Waals surface area contributed by atoms with Gasteiger partial charge in [-0.15, -0.1) is 0 Å². The first-order valence-corrected chi connectivity index (χ1v) is 6.82. The van der Waals surface area contributed by atoms with Crippen LogP contribution in [0, 0.1) is 5.82 Å². The highest BCUT2D eigenvalue weighted by molar-refractivity contribution is 5.89. The number of hydrogen-bond donors (Lipinski definition) is 2. The van der Waals surface area contributed by atoms with Crippen molar-refractivity contribution in [2.24, 2.45) is 0 Å². The van der Waals surface area contributed by atoms with Crippen LogP contribution in [0.1, 0.15) is 11.1 Å². The summed E-state index contributed by atoms with van der Waals surface area (Å²) in [4.78, 5) is 11.7. The van der Waals surface area contributed by atoms with Crippen LogP contribution in [0.3, 0.4) is 0 Å². The number of urea groups is 1. The number of hydrogen-bond acceptors (Lipinski definition) is 1. The van der Waals surface area contributed by atoms with Gasteiger partial charge < -0.3 is 10.6 Å². The average molecular weight is 326 g/mol. The Morgan fingerprint density at radius 2 is 1.74 bits per heavy atom. The molecule has 0 atom stereocenters. The summed E-state index contributed by atoms with van der Waals surface area (Å²) in [6.07, 6.45) is -4.23. The molecule has 0 spiro atoms. The van der Waals surface area contributed by atoms with Gasteiger partial charge in [0.2, 0.25) is 0 Å². The van der Waals surface area contributed by atoms with Crippen molar-refractivity contribution in [3.63, 3.8) is 0 Å². The first kappa shape index (κ1) is 16.8. The smallest absolute Gasteiger partial charge is 0.338 e. The van der Waals surface area contributed by atoms with Crippen molar-refractivity contribution in [2.45, 2.75) is 12.6 Å². The number of amides is 2. The summed E-state index contributed by atoms with van der Waals surface area (Å²) in [5.74, 6) is -1.38. The SMILES string of the molecule is O=C(NCCc1ccccc1)Nc1ccc(F)c(C(F)(F)F)c1. The predicted octanol–water partition coefficient (Wildman–Crippen LogP) is 4.21. The first-order chi connectivity index (χ1) is 10.9. The molecule has 0 aliphatic heterocycles. The third-order valence-corrected chi connectivity index (χ3v) is 3.07. The molecule has 0 fully saturated rings. The van der Waals surface area contributed by atoms with E-state index in [0.29, 0.717) is 25.1 Å². The third-order valence-electron chi connectivity index (χ3n) is 3.07.